The molecule has 0 atom stereocenters. The summed E-state index contributed by atoms with van der Waals surface area (Å²) in [5.41, 5.74) is 0.922. The predicted octanol–water partition coefficient (Wildman–Crippen LogP) is 3.01. The summed E-state index contributed by atoms with van der Waals surface area (Å²) < 4.78 is 5.03. The summed E-state index contributed by atoms with van der Waals surface area (Å²) in [6.45, 7) is 0. The molecule has 0 aromatic heterocycles. The maximum atomic E-state index is 11.5. The van der Waals surface area contributed by atoms with Gasteiger partial charge in [-0.1, -0.05) is 36.4 Å². The normalized spacial score (nSPS) is 10.4. The van der Waals surface area contributed by atoms with Crippen molar-refractivity contribution in [2.24, 2.45) is 0 Å². The fourth-order valence-corrected chi connectivity index (χ4v) is 1.43. The zero-order valence-corrected chi connectivity index (χ0v) is 9.61. The molecular formula is C15H12O3. The summed E-state index contributed by atoms with van der Waals surface area (Å²) >= 11 is 0. The van der Waals surface area contributed by atoms with E-state index in [2.05, 4.69) is 0 Å². The molecule has 0 aliphatic rings. The van der Waals surface area contributed by atoms with Crippen molar-refractivity contribution >= 4 is 12.0 Å². The van der Waals surface area contributed by atoms with E-state index in [-0.39, 0.29) is 5.75 Å². The minimum atomic E-state index is -0.482. The number of benzene rings is 2. The molecule has 3 heteroatoms. The standard InChI is InChI=1S/C15H12O3/c16-13-7-4-8-14(11-13)18-15(17)10-9-12-5-2-1-3-6-12/h1-11,16H/b10-9+. The SMILES string of the molecule is O=C(/C=C/c1ccccc1)Oc1cccc(O)c1. The Hall–Kier alpha value is -2.55. The van der Waals surface area contributed by atoms with Crippen LogP contribution in [0.25, 0.3) is 6.08 Å². The van der Waals surface area contributed by atoms with Crippen LogP contribution in [0, 0.1) is 0 Å². The van der Waals surface area contributed by atoms with Gasteiger partial charge in [-0.25, -0.2) is 4.79 Å². The van der Waals surface area contributed by atoms with Crippen LogP contribution in [-0.2, 0) is 4.79 Å². The molecule has 18 heavy (non-hydrogen) atoms. The molecule has 0 fully saturated rings. The van der Waals surface area contributed by atoms with Crippen molar-refractivity contribution in [2.75, 3.05) is 0 Å². The molecule has 0 bridgehead atoms. The monoisotopic (exact) mass is 240 g/mol. The second-order valence-corrected chi connectivity index (χ2v) is 3.66. The first kappa shape index (κ1) is 11.9. The Bertz CT molecular complexity index is 559. The molecule has 0 amide bonds. The Morgan fingerprint density at radius 1 is 1.06 bits per heavy atom. The third kappa shape index (κ3) is 3.49. The highest BCUT2D eigenvalue weighted by molar-refractivity contribution is 5.88. The van der Waals surface area contributed by atoms with E-state index in [9.17, 15) is 9.90 Å². The first-order valence-electron chi connectivity index (χ1n) is 5.48. The molecule has 1 N–H and O–H groups in total. The van der Waals surface area contributed by atoms with Crippen molar-refractivity contribution in [1.29, 1.82) is 0 Å². The summed E-state index contributed by atoms with van der Waals surface area (Å²) in [4.78, 5) is 11.5. The lowest BCUT2D eigenvalue weighted by atomic mass is 10.2. The van der Waals surface area contributed by atoms with Crippen LogP contribution in [-0.4, -0.2) is 11.1 Å². The quantitative estimate of drug-likeness (QED) is 0.509. The Labute approximate surface area is 105 Å². The molecule has 2 aromatic rings. The second kappa shape index (κ2) is 5.68. The lowest BCUT2D eigenvalue weighted by Crippen LogP contribution is -2.03. The van der Waals surface area contributed by atoms with E-state index in [1.807, 2.05) is 30.3 Å². The average molecular weight is 240 g/mol. The lowest BCUT2D eigenvalue weighted by Gasteiger charge is -2.01. The summed E-state index contributed by atoms with van der Waals surface area (Å²) in [7, 11) is 0. The summed E-state index contributed by atoms with van der Waals surface area (Å²) in [6.07, 6.45) is 3.02. The minimum absolute atomic E-state index is 0.0624. The van der Waals surface area contributed by atoms with Crippen molar-refractivity contribution in [3.05, 3.63) is 66.2 Å². The third-order valence-electron chi connectivity index (χ3n) is 2.25. The number of carbonyl (C=O) groups excluding carboxylic acids is 1. The van der Waals surface area contributed by atoms with E-state index in [0.29, 0.717) is 5.75 Å². The predicted molar refractivity (Wildman–Crippen MR) is 69.2 cm³/mol. The summed E-state index contributed by atoms with van der Waals surface area (Å²) in [5, 5.41) is 9.22. The van der Waals surface area contributed by atoms with Gasteiger partial charge in [0.1, 0.15) is 11.5 Å². The average Bonchev–Trinajstić information content (AvgIpc) is 2.38. The zero-order chi connectivity index (χ0) is 12.8. The largest absolute Gasteiger partial charge is 0.508 e. The smallest absolute Gasteiger partial charge is 0.336 e. The van der Waals surface area contributed by atoms with E-state index in [1.165, 1.54) is 18.2 Å². The third-order valence-corrected chi connectivity index (χ3v) is 2.25. The first-order valence-corrected chi connectivity index (χ1v) is 5.48. The van der Waals surface area contributed by atoms with Crippen LogP contribution in [0.1, 0.15) is 5.56 Å². The highest BCUT2D eigenvalue weighted by Crippen LogP contribution is 2.17. The van der Waals surface area contributed by atoms with E-state index < -0.39 is 5.97 Å². The highest BCUT2D eigenvalue weighted by Gasteiger charge is 2.00. The lowest BCUT2D eigenvalue weighted by molar-refractivity contribution is -0.128. The number of hydrogen-bond acceptors (Lipinski definition) is 3. The number of hydrogen-bond donors (Lipinski definition) is 1. The number of rotatable bonds is 3. The second-order valence-electron chi connectivity index (χ2n) is 3.66. The molecule has 2 rings (SSSR count). The van der Waals surface area contributed by atoms with Gasteiger partial charge in [-0.15, -0.1) is 0 Å². The number of ether oxygens (including phenoxy) is 1. The van der Waals surface area contributed by atoms with Crippen LogP contribution < -0.4 is 4.74 Å². The van der Waals surface area contributed by atoms with Gasteiger partial charge in [-0.2, -0.15) is 0 Å². The molecule has 0 unspecified atom stereocenters. The molecule has 0 heterocycles. The van der Waals surface area contributed by atoms with Gasteiger partial charge < -0.3 is 9.84 Å². The zero-order valence-electron chi connectivity index (χ0n) is 9.61. The maximum Gasteiger partial charge on any atom is 0.336 e. The fourth-order valence-electron chi connectivity index (χ4n) is 1.43. The molecule has 0 radical (unpaired) electrons. The van der Waals surface area contributed by atoms with Crippen molar-refractivity contribution in [2.45, 2.75) is 0 Å². The van der Waals surface area contributed by atoms with Gasteiger partial charge in [0, 0.05) is 12.1 Å². The molecule has 0 saturated carbocycles. The van der Waals surface area contributed by atoms with Gasteiger partial charge in [-0.3, -0.25) is 0 Å². The van der Waals surface area contributed by atoms with Gasteiger partial charge in [0.2, 0.25) is 0 Å². The van der Waals surface area contributed by atoms with Gasteiger partial charge in [0.05, 0.1) is 0 Å². The van der Waals surface area contributed by atoms with E-state index in [1.54, 1.807) is 18.2 Å². The molecule has 2 aromatic carbocycles. The molecule has 0 aliphatic heterocycles. The van der Waals surface area contributed by atoms with Gasteiger partial charge in [0.15, 0.2) is 0 Å². The molecule has 0 spiro atoms. The summed E-state index contributed by atoms with van der Waals surface area (Å²) in [6, 6.07) is 15.6. The van der Waals surface area contributed by atoms with Gasteiger partial charge in [0.25, 0.3) is 0 Å². The van der Waals surface area contributed by atoms with Crippen LogP contribution in [0.4, 0.5) is 0 Å². The molecular weight excluding hydrogens is 228 g/mol. The molecule has 3 nitrogen and oxygen atoms in total. The number of aromatic hydroxyl groups is 1. The van der Waals surface area contributed by atoms with Gasteiger partial charge >= 0.3 is 5.97 Å². The number of carbonyl (C=O) groups is 1. The van der Waals surface area contributed by atoms with E-state index in [4.69, 9.17) is 4.74 Å². The van der Waals surface area contributed by atoms with E-state index >= 15 is 0 Å². The Morgan fingerprint density at radius 3 is 2.56 bits per heavy atom. The van der Waals surface area contributed by atoms with Crippen LogP contribution >= 0.6 is 0 Å². The van der Waals surface area contributed by atoms with Crippen molar-refractivity contribution in [3.8, 4) is 11.5 Å². The molecule has 0 saturated heterocycles. The molecule has 90 valence electrons. The maximum absolute atomic E-state index is 11.5. The Morgan fingerprint density at radius 2 is 1.83 bits per heavy atom. The topological polar surface area (TPSA) is 46.5 Å². The summed E-state index contributed by atoms with van der Waals surface area (Å²) in [5.74, 6) is -0.102. The van der Waals surface area contributed by atoms with Crippen LogP contribution in [0.3, 0.4) is 0 Å². The first-order chi connectivity index (χ1) is 8.74. The number of phenolic OH excluding ortho intramolecular Hbond substituents is 1. The van der Waals surface area contributed by atoms with Crippen molar-refractivity contribution in [3.63, 3.8) is 0 Å². The Balaban J connectivity index is 1.99. The number of phenols is 1. The van der Waals surface area contributed by atoms with E-state index in [0.717, 1.165) is 5.56 Å². The van der Waals surface area contributed by atoms with Crippen LogP contribution in [0.2, 0.25) is 0 Å². The molecule has 0 aliphatic carbocycles. The van der Waals surface area contributed by atoms with Crippen LogP contribution in [0.5, 0.6) is 11.5 Å². The highest BCUT2D eigenvalue weighted by atomic mass is 16.5. The van der Waals surface area contributed by atoms with Crippen molar-refractivity contribution in [1.82, 2.24) is 0 Å². The number of esters is 1. The van der Waals surface area contributed by atoms with Gasteiger partial charge in [-0.05, 0) is 23.8 Å². The minimum Gasteiger partial charge on any atom is -0.508 e. The van der Waals surface area contributed by atoms with Crippen molar-refractivity contribution < 1.29 is 14.6 Å². The van der Waals surface area contributed by atoms with Crippen LogP contribution in [0.15, 0.2) is 60.7 Å². The Kier molecular flexibility index (Phi) is 3.76. The fraction of sp³-hybridized carbons (Fsp3) is 0.